The second-order valence-corrected chi connectivity index (χ2v) is 10.6. The molecule has 0 aliphatic heterocycles. The molecule has 148 valence electrons. The Balaban J connectivity index is 1.73. The first kappa shape index (κ1) is 19.3. The van der Waals surface area contributed by atoms with E-state index in [9.17, 15) is 9.59 Å². The Hall–Kier alpha value is -1.03. The van der Waals surface area contributed by atoms with Gasteiger partial charge in [-0.2, -0.15) is 0 Å². The summed E-state index contributed by atoms with van der Waals surface area (Å²) in [6.45, 7) is 6.78. The largest absolute Gasteiger partial charge is 0.469 e. The Morgan fingerprint density at radius 2 is 1.93 bits per heavy atom. The van der Waals surface area contributed by atoms with E-state index in [4.69, 9.17) is 17.0 Å². The van der Waals surface area contributed by atoms with Crippen LogP contribution in [0.2, 0.25) is 0 Å². The Labute approximate surface area is 168 Å². The molecule has 4 aliphatic carbocycles. The van der Waals surface area contributed by atoms with Crippen molar-refractivity contribution < 1.29 is 14.3 Å². The maximum Gasteiger partial charge on any atom is 0.309 e. The molecule has 0 bridgehead atoms. The smallest absolute Gasteiger partial charge is 0.309 e. The minimum absolute atomic E-state index is 0.0214. The number of allylic oxidation sites excluding steroid dienone is 1. The van der Waals surface area contributed by atoms with Gasteiger partial charge in [-0.25, -0.2) is 0 Å². The second kappa shape index (κ2) is 6.50. The predicted octanol–water partition coefficient (Wildman–Crippen LogP) is 4.92. The molecule has 4 heteroatoms. The zero-order valence-electron chi connectivity index (χ0n) is 17.0. The Morgan fingerprint density at radius 3 is 2.59 bits per heavy atom. The third kappa shape index (κ3) is 2.69. The van der Waals surface area contributed by atoms with Gasteiger partial charge in [0.05, 0.1) is 13.0 Å². The van der Waals surface area contributed by atoms with Crippen LogP contribution >= 0.6 is 12.2 Å². The Bertz CT molecular complexity index is 725. The van der Waals surface area contributed by atoms with Gasteiger partial charge >= 0.3 is 5.97 Å². The van der Waals surface area contributed by atoms with Gasteiger partial charge in [-0.3, -0.25) is 9.59 Å². The van der Waals surface area contributed by atoms with Crippen LogP contribution in [0.3, 0.4) is 0 Å². The summed E-state index contributed by atoms with van der Waals surface area (Å²) in [5, 5.41) is 0. The van der Waals surface area contributed by atoms with E-state index in [1.165, 1.54) is 12.7 Å². The SMILES string of the molecule is COC(=O)[C@H]1CC[C@H]2[C@@H]3CC(C(C)=S)C4=CC(=O)CC[C@]4(C)[C@H]3CC[C@]12C. The van der Waals surface area contributed by atoms with Gasteiger partial charge in [-0.15, -0.1) is 0 Å². The first-order valence-electron chi connectivity index (χ1n) is 10.6. The number of rotatable bonds is 2. The van der Waals surface area contributed by atoms with Crippen molar-refractivity contribution in [3.8, 4) is 0 Å². The zero-order chi connectivity index (χ0) is 19.6. The maximum atomic E-state index is 12.4. The summed E-state index contributed by atoms with van der Waals surface area (Å²) >= 11 is 5.67. The minimum atomic E-state index is -0.0214. The van der Waals surface area contributed by atoms with E-state index in [-0.39, 0.29) is 34.4 Å². The molecule has 0 aromatic rings. The highest BCUT2D eigenvalue weighted by Gasteiger charge is 2.62. The van der Waals surface area contributed by atoms with Crippen LogP contribution < -0.4 is 0 Å². The number of carbonyl (C=O) groups excluding carboxylic acids is 2. The fourth-order valence-electron chi connectivity index (χ4n) is 7.56. The van der Waals surface area contributed by atoms with Crippen LogP contribution in [-0.2, 0) is 14.3 Å². The molecule has 4 rings (SSSR count). The van der Waals surface area contributed by atoms with Crippen molar-refractivity contribution >= 4 is 28.8 Å². The molecule has 0 saturated heterocycles. The van der Waals surface area contributed by atoms with Gasteiger partial charge in [-0.05, 0) is 85.0 Å². The lowest BCUT2D eigenvalue weighted by molar-refractivity contribution is -0.153. The number of ketones is 1. The lowest BCUT2D eigenvalue weighted by atomic mass is 9.45. The van der Waals surface area contributed by atoms with Crippen LogP contribution in [0.5, 0.6) is 0 Å². The van der Waals surface area contributed by atoms with E-state index in [1.54, 1.807) is 0 Å². The molecule has 7 atom stereocenters. The van der Waals surface area contributed by atoms with Crippen molar-refractivity contribution in [2.45, 2.75) is 65.7 Å². The van der Waals surface area contributed by atoms with Crippen molar-refractivity contribution in [2.24, 2.45) is 40.4 Å². The topological polar surface area (TPSA) is 43.4 Å². The molecular weight excluding hydrogens is 356 g/mol. The van der Waals surface area contributed by atoms with E-state index < -0.39 is 0 Å². The molecule has 3 fully saturated rings. The van der Waals surface area contributed by atoms with Crippen molar-refractivity contribution in [1.82, 2.24) is 0 Å². The molecule has 0 radical (unpaired) electrons. The van der Waals surface area contributed by atoms with Gasteiger partial charge < -0.3 is 4.74 Å². The summed E-state index contributed by atoms with van der Waals surface area (Å²) in [5.41, 5.74) is 1.46. The van der Waals surface area contributed by atoms with E-state index in [2.05, 4.69) is 20.8 Å². The highest BCUT2D eigenvalue weighted by Crippen LogP contribution is 2.67. The van der Waals surface area contributed by atoms with E-state index >= 15 is 0 Å². The highest BCUT2D eigenvalue weighted by atomic mass is 32.1. The summed E-state index contributed by atoms with van der Waals surface area (Å²) in [6, 6.07) is 0. The lowest BCUT2D eigenvalue weighted by Gasteiger charge is -2.59. The van der Waals surface area contributed by atoms with Crippen LogP contribution in [0.25, 0.3) is 0 Å². The summed E-state index contributed by atoms with van der Waals surface area (Å²) in [4.78, 5) is 25.7. The third-order valence-corrected chi connectivity index (χ3v) is 9.27. The van der Waals surface area contributed by atoms with Crippen LogP contribution in [-0.4, -0.2) is 23.7 Å². The molecule has 0 aromatic heterocycles. The summed E-state index contributed by atoms with van der Waals surface area (Å²) < 4.78 is 5.15. The highest BCUT2D eigenvalue weighted by molar-refractivity contribution is 7.80. The number of hydrogen-bond acceptors (Lipinski definition) is 4. The van der Waals surface area contributed by atoms with Crippen molar-refractivity contribution in [3.63, 3.8) is 0 Å². The first-order valence-corrected chi connectivity index (χ1v) is 11.0. The van der Waals surface area contributed by atoms with Crippen molar-refractivity contribution in [2.75, 3.05) is 7.11 Å². The number of thiocarbonyl (C=S) groups is 1. The fraction of sp³-hybridized carbons (Fsp3) is 0.783. The van der Waals surface area contributed by atoms with Gasteiger partial charge in [0.15, 0.2) is 5.78 Å². The molecule has 3 nitrogen and oxygen atoms in total. The fourth-order valence-corrected chi connectivity index (χ4v) is 7.78. The van der Waals surface area contributed by atoms with Crippen LogP contribution in [0.1, 0.15) is 65.7 Å². The standard InChI is InChI=1S/C23H32O3S/c1-13(27)15-12-16-17-5-6-19(21(25)26-4)22(17,2)10-8-18(16)23(3)9-7-14(24)11-20(15)23/h11,15-19H,5-10,12H2,1-4H3/t15?,16-,17-,18-,19+,22-,23+/m0/s1. The molecule has 0 aromatic carbocycles. The van der Waals surface area contributed by atoms with Gasteiger partial charge in [0.25, 0.3) is 0 Å². The summed E-state index contributed by atoms with van der Waals surface area (Å²) in [7, 11) is 1.52. The molecule has 4 aliphatic rings. The molecule has 0 N–H and O–H groups in total. The average molecular weight is 389 g/mol. The lowest BCUT2D eigenvalue weighted by Crippen LogP contribution is -2.53. The van der Waals surface area contributed by atoms with E-state index in [0.717, 1.165) is 43.4 Å². The Kier molecular flexibility index (Phi) is 4.65. The van der Waals surface area contributed by atoms with E-state index in [1.807, 2.05) is 6.08 Å². The molecule has 3 saturated carbocycles. The number of ether oxygens (including phenoxy) is 1. The second-order valence-electron chi connectivity index (χ2n) is 9.96. The third-order valence-electron chi connectivity index (χ3n) is 8.98. The van der Waals surface area contributed by atoms with Crippen molar-refractivity contribution in [1.29, 1.82) is 0 Å². The number of hydrogen-bond donors (Lipinski definition) is 0. The average Bonchev–Trinajstić information content (AvgIpc) is 2.98. The van der Waals surface area contributed by atoms with Gasteiger partial charge in [0.2, 0.25) is 0 Å². The number of fused-ring (bicyclic) bond motifs is 5. The molecule has 0 spiro atoms. The molecule has 0 amide bonds. The monoisotopic (exact) mass is 388 g/mol. The molecule has 0 heterocycles. The van der Waals surface area contributed by atoms with Gasteiger partial charge in [0, 0.05) is 12.3 Å². The first-order chi connectivity index (χ1) is 12.7. The normalized spacial score (nSPS) is 46.0. The minimum Gasteiger partial charge on any atom is -0.469 e. The number of esters is 1. The van der Waals surface area contributed by atoms with Gasteiger partial charge in [0.1, 0.15) is 0 Å². The van der Waals surface area contributed by atoms with Gasteiger partial charge in [-0.1, -0.05) is 31.6 Å². The summed E-state index contributed by atoms with van der Waals surface area (Å²) in [5.74, 6) is 2.30. The number of carbonyl (C=O) groups is 2. The molecule has 1 unspecified atom stereocenters. The van der Waals surface area contributed by atoms with Crippen LogP contribution in [0.15, 0.2) is 11.6 Å². The van der Waals surface area contributed by atoms with E-state index in [0.29, 0.717) is 24.2 Å². The maximum absolute atomic E-state index is 12.4. The van der Waals surface area contributed by atoms with Crippen LogP contribution in [0.4, 0.5) is 0 Å². The predicted molar refractivity (Wildman–Crippen MR) is 109 cm³/mol. The van der Waals surface area contributed by atoms with Crippen molar-refractivity contribution in [3.05, 3.63) is 11.6 Å². The number of methoxy groups -OCH3 is 1. The molecule has 27 heavy (non-hydrogen) atoms. The van der Waals surface area contributed by atoms with Crippen LogP contribution in [0, 0.1) is 40.4 Å². The zero-order valence-corrected chi connectivity index (χ0v) is 17.9. The molecular formula is C23H32O3S. The quantitative estimate of drug-likeness (QED) is 0.497. The Morgan fingerprint density at radius 1 is 1.19 bits per heavy atom. The summed E-state index contributed by atoms with van der Waals surface area (Å²) in [6.07, 6.45) is 8.95.